The third kappa shape index (κ3) is 12.1. The predicted octanol–water partition coefficient (Wildman–Crippen LogP) is 12.0. The molecule has 3 N–H and O–H groups in total. The second-order valence-electron chi connectivity index (χ2n) is 14.8. The van der Waals surface area contributed by atoms with E-state index in [-0.39, 0.29) is 28.8 Å². The normalized spacial score (nSPS) is 23.0. The van der Waals surface area contributed by atoms with Crippen LogP contribution in [0.2, 0.25) is 0 Å². The van der Waals surface area contributed by atoms with E-state index in [0.717, 1.165) is 17.7 Å². The van der Waals surface area contributed by atoms with Gasteiger partial charge in [-0.05, 0) is 84.0 Å². The van der Waals surface area contributed by atoms with E-state index in [0.29, 0.717) is 11.1 Å². The third-order valence-electron chi connectivity index (χ3n) is 6.83. The first-order chi connectivity index (χ1) is 30.4. The highest BCUT2D eigenvalue weighted by atomic mass is 16.3. The van der Waals surface area contributed by atoms with Gasteiger partial charge in [0, 0.05) is 28.8 Å². The number of hydrogen-bond donors (Lipinski definition) is 3. The Morgan fingerprint density at radius 2 is 0.867 bits per heavy atom. The van der Waals surface area contributed by atoms with Crippen LogP contribution in [-0.4, -0.2) is 16.8 Å². The summed E-state index contributed by atoms with van der Waals surface area (Å²) in [7, 11) is 0. The van der Waals surface area contributed by atoms with Crippen LogP contribution >= 0.6 is 0 Å². The molecule has 3 rings (SSSR count). The number of aromatic hydroxyl groups is 3. The van der Waals surface area contributed by atoms with Crippen molar-refractivity contribution >= 4 is 0 Å². The van der Waals surface area contributed by atoms with E-state index in [9.17, 15) is 10.2 Å². The minimum Gasteiger partial charge on any atom is -0.508 e. The molecule has 0 bridgehead atoms. The maximum atomic E-state index is 11.1. The Hall–Kier alpha value is -2.94. The number of benzene rings is 3. The monoisotopic (exact) mass is 644 g/mol. The fourth-order valence-corrected chi connectivity index (χ4v) is 3.84. The van der Waals surface area contributed by atoms with Gasteiger partial charge < -0.3 is 15.3 Å². The molecule has 252 valence electrons. The van der Waals surface area contributed by atoms with Crippen molar-refractivity contribution in [3.63, 3.8) is 0 Å². The van der Waals surface area contributed by atoms with Crippen molar-refractivity contribution in [1.82, 2.24) is 0 Å². The van der Waals surface area contributed by atoms with Crippen molar-refractivity contribution in [2.75, 3.05) is 0 Å². The summed E-state index contributed by atoms with van der Waals surface area (Å²) in [5.74, 6) is -1.88. The predicted molar refractivity (Wildman–Crippen MR) is 197 cm³/mol. The molecule has 0 amide bonds. The maximum Gasteiger partial charge on any atom is 0.293 e. The van der Waals surface area contributed by atoms with Crippen LogP contribution in [0.15, 0.2) is 54.5 Å². The Morgan fingerprint density at radius 3 is 1.27 bits per heavy atom. The molecule has 3 aromatic carbocycles. The Balaban J connectivity index is 0.000000560. The molecule has 3 aromatic rings. The van der Waals surface area contributed by atoms with E-state index in [1.54, 1.807) is 53.7 Å². The molecule has 45 heavy (non-hydrogen) atoms. The fourth-order valence-electron chi connectivity index (χ4n) is 3.84. The molecule has 0 unspecified atom stereocenters. The van der Waals surface area contributed by atoms with Crippen LogP contribution < -0.4 is 0 Å². The second kappa shape index (κ2) is 13.8. The first kappa shape index (κ1) is 15.8. The summed E-state index contributed by atoms with van der Waals surface area (Å²) >= 11 is 0. The Morgan fingerprint density at radius 1 is 0.489 bits per heavy atom. The summed E-state index contributed by atoms with van der Waals surface area (Å²) in [5, 5.41) is 25.6. The number of hydrogen-bond acceptors (Lipinski definition) is 3. The van der Waals surface area contributed by atoms with Gasteiger partial charge in [0.25, 0.3) is 1.43 Å². The Labute approximate surface area is 312 Å². The summed E-state index contributed by atoms with van der Waals surface area (Å²) in [6.07, 6.45) is 0. The van der Waals surface area contributed by atoms with Gasteiger partial charge in [-0.15, -0.1) is 0 Å². The van der Waals surface area contributed by atoms with Crippen LogP contribution in [0.4, 0.5) is 0 Å². The van der Waals surface area contributed by atoms with Crippen LogP contribution in [0.5, 0.6) is 17.2 Å². The van der Waals surface area contributed by atoms with Gasteiger partial charge >= 0.3 is 0 Å². The first-order valence-electron chi connectivity index (χ1n) is 26.8. The molecule has 0 aliphatic heterocycles. The molecule has 0 fully saturated rings. The zero-order valence-electron chi connectivity index (χ0n) is 53.3. The highest BCUT2D eigenvalue weighted by Crippen LogP contribution is 2.42. The van der Waals surface area contributed by atoms with Crippen molar-refractivity contribution < 1.29 is 48.2 Å². The zero-order valence-corrected chi connectivity index (χ0v) is 28.3. The van der Waals surface area contributed by atoms with Crippen LogP contribution in [0.25, 0.3) is 0 Å². The summed E-state index contributed by atoms with van der Waals surface area (Å²) in [6, 6.07) is 7.73. The molecule has 0 saturated carbocycles. The third-order valence-corrected chi connectivity index (χ3v) is 6.83. The van der Waals surface area contributed by atoms with Crippen LogP contribution in [-0.2, 0) is 32.5 Å². The van der Waals surface area contributed by atoms with Crippen molar-refractivity contribution in [3.8, 4) is 17.2 Å². The SMILES string of the molecule is [2H]C([2H])([2H])C(C)(C)c1cc(C(C)(C)C)cc(C(C([2H])([2H])[2H])(C([2H])([2H])[2H])C([2H])([2H])[2H])c1O.[2H]Oc1c([2H])cc(C(C)(C)C)cc1[2H].[2H]c1cc(C(C)(C)C)cc(C(C([2H])([2H])[2H])(C([2H])([2H])[2H])C([2H])([2H])[2H])c1O. The van der Waals surface area contributed by atoms with Crippen LogP contribution in [0, 0.1) is 0 Å². The van der Waals surface area contributed by atoms with Crippen molar-refractivity contribution in [1.29, 1.82) is 1.43 Å². The van der Waals surface area contributed by atoms with E-state index in [1.165, 1.54) is 26.0 Å². The molecule has 0 saturated heterocycles. The van der Waals surface area contributed by atoms with E-state index >= 15 is 0 Å². The molecule has 0 radical (unpaired) electrons. The zero-order chi connectivity index (χ0) is 56.4. The molecule has 3 heteroatoms. The number of rotatable bonds is 1. The van der Waals surface area contributed by atoms with Gasteiger partial charge in [-0.25, -0.2) is 0 Å². The molecule has 0 atom stereocenters. The topological polar surface area (TPSA) is 60.7 Å². The minimum absolute atomic E-state index is 0.0120. The molecule has 0 aromatic heterocycles. The Bertz CT molecular complexity index is 2210. The number of phenolic OH excluding ortho intramolecular Hbond substituents is 3. The molecule has 0 aliphatic carbocycles. The Kier molecular flexibility index (Phi) is 4.84. The molecular weight excluding hydrogens is 552 g/mol. The fraction of sp³-hybridized carbons (Fsp3) is 0.571. The lowest BCUT2D eigenvalue weighted by molar-refractivity contribution is 0.420. The van der Waals surface area contributed by atoms with E-state index < -0.39 is 104 Å². The summed E-state index contributed by atoms with van der Waals surface area (Å²) in [5.41, 5.74) is -10.2. The average Bonchev–Trinajstić information content (AvgIpc) is 3.06. The lowest BCUT2D eigenvalue weighted by atomic mass is 9.75. The van der Waals surface area contributed by atoms with Gasteiger partial charge in [0.1, 0.15) is 17.2 Å². The lowest BCUT2D eigenvalue weighted by Gasteiger charge is -2.31. The quantitative estimate of drug-likeness (QED) is 0.247. The molecule has 3 nitrogen and oxygen atoms in total. The lowest BCUT2D eigenvalue weighted by Crippen LogP contribution is -2.21. The van der Waals surface area contributed by atoms with E-state index in [4.69, 9.17) is 34.3 Å². The smallest absolute Gasteiger partial charge is 0.293 e. The summed E-state index contributed by atoms with van der Waals surface area (Å²) in [4.78, 5) is 0. The average molecular weight is 644 g/mol. The largest absolute Gasteiger partial charge is 0.508 e. The summed E-state index contributed by atoms with van der Waals surface area (Å²) < 4.78 is 194. The maximum absolute atomic E-state index is 11.1. The van der Waals surface area contributed by atoms with Gasteiger partial charge in [-0.1, -0.05) is 161 Å². The molecule has 0 aliphatic rings. The van der Waals surface area contributed by atoms with Gasteiger partial charge in [-0.2, -0.15) is 0 Å². The van der Waals surface area contributed by atoms with Gasteiger partial charge in [-0.3, -0.25) is 0 Å². The van der Waals surface area contributed by atoms with Gasteiger partial charge in [0.15, 0.2) is 0 Å². The van der Waals surface area contributed by atoms with Gasteiger partial charge in [0.2, 0.25) is 0 Å². The molecule has 0 spiro atoms. The number of phenols is 3. The first-order valence-corrected chi connectivity index (χ1v) is 14.4. The van der Waals surface area contributed by atoms with Crippen LogP contribution in [0.1, 0.15) is 190 Å². The standard InChI is InChI=1S/C18H30O.C14H22O.C10H14O/c1-16(2,3)12-10-13(17(4,5)6)15(19)14(11-12)18(7,8)9;1-13(2,3)10-7-8-12(15)11(9-10)14(4,5)6;1-10(2,3)8-4-6-9(11)7-5-8/h10-11,19H,1-9H3;7-9,15H,1-6H3;4-7,11H,1-3H3/i4D3,5D3,6D3,7D3;4D3,5D3,6D3,8D;6D,7D/hD. The summed E-state index contributed by atoms with van der Waals surface area (Å²) in [6.45, 7) is -4.84. The van der Waals surface area contributed by atoms with Crippen molar-refractivity contribution in [2.24, 2.45) is 0 Å². The van der Waals surface area contributed by atoms with Gasteiger partial charge in [0.05, 0.1) is 4.11 Å². The molecule has 0 heterocycles. The van der Waals surface area contributed by atoms with E-state index in [1.807, 2.05) is 20.8 Å². The molecular formula is C42H66O3. The van der Waals surface area contributed by atoms with Crippen LogP contribution in [0.3, 0.4) is 0 Å². The highest BCUT2D eigenvalue weighted by molar-refractivity contribution is 5.51. The second-order valence-corrected chi connectivity index (χ2v) is 14.8. The van der Waals surface area contributed by atoms with Crippen molar-refractivity contribution in [3.05, 3.63) is 87.9 Å². The highest BCUT2D eigenvalue weighted by Gasteiger charge is 2.29. The minimum atomic E-state index is -3.58. The van der Waals surface area contributed by atoms with Crippen molar-refractivity contribution in [2.45, 2.75) is 157 Å². The van der Waals surface area contributed by atoms with E-state index in [2.05, 4.69) is 5.11 Å².